The number of unbranched alkanes of at least 4 members (excludes halogenated alkanes) is 22. The van der Waals surface area contributed by atoms with Crippen LogP contribution in [0.3, 0.4) is 0 Å². The Bertz CT molecular complexity index is 964. The lowest BCUT2D eigenvalue weighted by atomic mass is 10.0. The zero-order valence-electron chi connectivity index (χ0n) is 35.5. The Morgan fingerprint density at radius 3 is 1.30 bits per heavy atom. The first kappa shape index (κ1) is 51.4. The van der Waals surface area contributed by atoms with Gasteiger partial charge in [-0.05, 0) is 57.8 Å². The fraction of sp³-hybridized carbons (Fsp3) is 0.771. The topological polar surface area (TPSA) is 78.9 Å². The van der Waals surface area contributed by atoms with Crippen molar-refractivity contribution in [2.24, 2.45) is 0 Å². The second-order valence-electron chi connectivity index (χ2n) is 14.9. The van der Waals surface area contributed by atoms with E-state index in [1.807, 2.05) is 6.08 Å². The molecule has 0 N–H and O–H groups in total. The summed E-state index contributed by atoms with van der Waals surface area (Å²) in [6.07, 6.45) is 49.9. The van der Waals surface area contributed by atoms with Gasteiger partial charge in [0, 0.05) is 12.8 Å². The highest BCUT2D eigenvalue weighted by atomic mass is 16.6. The van der Waals surface area contributed by atoms with Gasteiger partial charge in [0.1, 0.15) is 13.2 Å². The summed E-state index contributed by atoms with van der Waals surface area (Å²) in [7, 11) is 0. The third kappa shape index (κ3) is 40.6. The average Bonchev–Trinajstić information content (AvgIpc) is 3.17. The molecule has 6 nitrogen and oxygen atoms in total. The van der Waals surface area contributed by atoms with Gasteiger partial charge in [0.05, 0.1) is 6.42 Å². The van der Waals surface area contributed by atoms with E-state index in [9.17, 15) is 14.4 Å². The first-order chi connectivity index (χ1) is 26.5. The molecule has 0 aromatic rings. The van der Waals surface area contributed by atoms with E-state index >= 15 is 0 Å². The van der Waals surface area contributed by atoms with Crippen molar-refractivity contribution in [2.75, 3.05) is 13.2 Å². The summed E-state index contributed by atoms with van der Waals surface area (Å²) in [5.41, 5.74) is 0. The van der Waals surface area contributed by atoms with Gasteiger partial charge >= 0.3 is 17.9 Å². The van der Waals surface area contributed by atoms with Crippen LogP contribution in [0, 0.1) is 0 Å². The van der Waals surface area contributed by atoms with E-state index in [0.29, 0.717) is 12.8 Å². The van der Waals surface area contributed by atoms with Crippen molar-refractivity contribution in [3.05, 3.63) is 48.6 Å². The fourth-order valence-corrected chi connectivity index (χ4v) is 6.20. The number of hydrogen-bond acceptors (Lipinski definition) is 6. The number of esters is 3. The van der Waals surface area contributed by atoms with Crippen LogP contribution in [-0.4, -0.2) is 37.2 Å². The minimum absolute atomic E-state index is 0.104. The molecule has 0 spiro atoms. The molecule has 0 amide bonds. The second kappa shape index (κ2) is 43.1. The molecule has 0 aromatic carbocycles. The maximum absolute atomic E-state index is 12.7. The van der Waals surface area contributed by atoms with E-state index in [1.54, 1.807) is 6.08 Å². The van der Waals surface area contributed by atoms with Crippen molar-refractivity contribution in [3.8, 4) is 0 Å². The van der Waals surface area contributed by atoms with Gasteiger partial charge in [-0.25, -0.2) is 0 Å². The maximum atomic E-state index is 12.7. The molecule has 1 atom stereocenters. The number of ether oxygens (including phenoxy) is 3. The van der Waals surface area contributed by atoms with Crippen LogP contribution in [0.1, 0.15) is 220 Å². The van der Waals surface area contributed by atoms with E-state index in [0.717, 1.165) is 70.6 Å². The Morgan fingerprint density at radius 1 is 0.407 bits per heavy atom. The summed E-state index contributed by atoms with van der Waals surface area (Å²) in [4.78, 5) is 37.6. The zero-order valence-corrected chi connectivity index (χ0v) is 35.5. The number of allylic oxidation sites excluding steroid dienone is 7. The molecule has 0 aliphatic rings. The summed E-state index contributed by atoms with van der Waals surface area (Å²) < 4.78 is 16.6. The number of carbonyl (C=O) groups excluding carboxylic acids is 3. The van der Waals surface area contributed by atoms with E-state index in [4.69, 9.17) is 14.2 Å². The second-order valence-corrected chi connectivity index (χ2v) is 14.9. The summed E-state index contributed by atoms with van der Waals surface area (Å²) in [6.45, 7) is 6.39. The normalized spacial score (nSPS) is 12.4. The van der Waals surface area contributed by atoms with E-state index < -0.39 is 12.1 Å². The van der Waals surface area contributed by atoms with Gasteiger partial charge in [-0.3, -0.25) is 14.4 Å². The van der Waals surface area contributed by atoms with Crippen LogP contribution in [0.15, 0.2) is 48.6 Å². The lowest BCUT2D eigenvalue weighted by molar-refractivity contribution is -0.166. The van der Waals surface area contributed by atoms with Crippen molar-refractivity contribution in [2.45, 2.75) is 226 Å². The van der Waals surface area contributed by atoms with Gasteiger partial charge in [0.15, 0.2) is 6.10 Å². The van der Waals surface area contributed by atoms with Crippen molar-refractivity contribution in [1.29, 1.82) is 0 Å². The van der Waals surface area contributed by atoms with Crippen LogP contribution in [0.4, 0.5) is 0 Å². The molecule has 0 aliphatic carbocycles. The third-order valence-corrected chi connectivity index (χ3v) is 9.60. The van der Waals surface area contributed by atoms with Crippen LogP contribution in [0.5, 0.6) is 0 Å². The average molecular weight is 757 g/mol. The number of carbonyl (C=O) groups is 3. The molecule has 0 fully saturated rings. The molecular formula is C48H84O6. The van der Waals surface area contributed by atoms with Gasteiger partial charge in [0.25, 0.3) is 0 Å². The maximum Gasteiger partial charge on any atom is 0.309 e. The van der Waals surface area contributed by atoms with Crippen molar-refractivity contribution in [3.63, 3.8) is 0 Å². The molecule has 54 heavy (non-hydrogen) atoms. The quantitative estimate of drug-likeness (QED) is 0.0268. The SMILES string of the molecule is CC/C=C\C/C=C\C/C=C\CC(=O)OCC(COC(=O)CCCCCCCCCCCCCCCC)OC(=O)CCCCC/C=C\CCCCCCCC. The Kier molecular flexibility index (Phi) is 41.0. The molecule has 0 rings (SSSR count). The molecule has 0 saturated heterocycles. The van der Waals surface area contributed by atoms with E-state index in [2.05, 4.69) is 57.2 Å². The smallest absolute Gasteiger partial charge is 0.309 e. The summed E-state index contributed by atoms with van der Waals surface area (Å²) >= 11 is 0. The predicted molar refractivity (Wildman–Crippen MR) is 229 cm³/mol. The minimum Gasteiger partial charge on any atom is -0.462 e. The van der Waals surface area contributed by atoms with E-state index in [1.165, 1.54) is 109 Å². The molecule has 0 aromatic heterocycles. The third-order valence-electron chi connectivity index (χ3n) is 9.60. The first-order valence-electron chi connectivity index (χ1n) is 22.6. The summed E-state index contributed by atoms with van der Waals surface area (Å²) in [5.74, 6) is -1.05. The predicted octanol–water partition coefficient (Wildman–Crippen LogP) is 14.4. The van der Waals surface area contributed by atoms with Gasteiger partial charge < -0.3 is 14.2 Å². The molecule has 0 bridgehead atoms. The Balaban J connectivity index is 4.42. The van der Waals surface area contributed by atoms with Gasteiger partial charge in [-0.15, -0.1) is 0 Å². The summed E-state index contributed by atoms with van der Waals surface area (Å²) in [5, 5.41) is 0. The largest absolute Gasteiger partial charge is 0.462 e. The van der Waals surface area contributed by atoms with Gasteiger partial charge in [-0.1, -0.05) is 191 Å². The highest BCUT2D eigenvalue weighted by molar-refractivity contribution is 5.72. The minimum atomic E-state index is -0.810. The highest BCUT2D eigenvalue weighted by Crippen LogP contribution is 2.14. The van der Waals surface area contributed by atoms with Crippen LogP contribution >= 0.6 is 0 Å². The lowest BCUT2D eigenvalue weighted by Gasteiger charge is -2.18. The Morgan fingerprint density at radius 2 is 0.796 bits per heavy atom. The van der Waals surface area contributed by atoms with Gasteiger partial charge in [-0.2, -0.15) is 0 Å². The van der Waals surface area contributed by atoms with Crippen LogP contribution in [0.2, 0.25) is 0 Å². The number of hydrogen-bond donors (Lipinski definition) is 0. The standard InChI is InChI=1S/C48H84O6/c1-4-7-10-13-16-19-21-23-25-26-29-32-35-38-41-47(50)53-44-45(43-52-46(49)40-37-34-31-28-18-15-12-9-6-3)54-48(51)42-39-36-33-30-27-24-22-20-17-14-11-8-5-2/h9,12,18,24,27-28,34,37,45H,4-8,10-11,13-17,19-23,25-26,29-33,35-36,38-44H2,1-3H3/b12-9-,27-24-,28-18-,37-34-. The first-order valence-corrected chi connectivity index (χ1v) is 22.6. The van der Waals surface area contributed by atoms with Gasteiger partial charge in [0.2, 0.25) is 0 Å². The zero-order chi connectivity index (χ0) is 39.4. The molecular weight excluding hydrogens is 673 g/mol. The highest BCUT2D eigenvalue weighted by Gasteiger charge is 2.19. The molecule has 0 radical (unpaired) electrons. The molecule has 0 aliphatic heterocycles. The molecule has 312 valence electrons. The van der Waals surface area contributed by atoms with Crippen LogP contribution in [0.25, 0.3) is 0 Å². The van der Waals surface area contributed by atoms with Crippen molar-refractivity contribution in [1.82, 2.24) is 0 Å². The van der Waals surface area contributed by atoms with Crippen LogP contribution < -0.4 is 0 Å². The van der Waals surface area contributed by atoms with Crippen molar-refractivity contribution < 1.29 is 28.6 Å². The Labute approximate surface area is 333 Å². The summed E-state index contributed by atoms with van der Waals surface area (Å²) in [6, 6.07) is 0. The molecule has 0 saturated carbocycles. The van der Waals surface area contributed by atoms with E-state index in [-0.39, 0.29) is 31.6 Å². The monoisotopic (exact) mass is 757 g/mol. The number of rotatable bonds is 40. The Hall–Kier alpha value is -2.63. The van der Waals surface area contributed by atoms with Crippen LogP contribution in [-0.2, 0) is 28.6 Å². The fourth-order valence-electron chi connectivity index (χ4n) is 6.20. The van der Waals surface area contributed by atoms with Crippen molar-refractivity contribution >= 4 is 17.9 Å². The lowest BCUT2D eigenvalue weighted by Crippen LogP contribution is -2.30. The molecule has 6 heteroatoms. The molecule has 1 unspecified atom stereocenters. The molecule has 0 heterocycles.